The maximum absolute atomic E-state index is 4.95. The first-order valence-corrected chi connectivity index (χ1v) is 10.6. The van der Waals surface area contributed by atoms with Crippen molar-refractivity contribution in [2.45, 2.75) is 39.7 Å². The zero-order valence-corrected chi connectivity index (χ0v) is 17.6. The van der Waals surface area contributed by atoms with E-state index in [1.165, 1.54) is 5.57 Å². The van der Waals surface area contributed by atoms with Crippen LogP contribution in [0.5, 0.6) is 0 Å². The molecule has 0 bridgehead atoms. The van der Waals surface area contributed by atoms with E-state index in [9.17, 15) is 0 Å². The summed E-state index contributed by atoms with van der Waals surface area (Å²) in [4.78, 5) is 19.3. The number of allylic oxidation sites excluding steroid dienone is 1. The standard InChI is InChI=1S/C25H25N5/c1-4-20-16(3)14-22(27-20)29-24-19-13-15(2)9-10-21(19)28-25(30-24)23-18-8-6-5-7-17(18)11-12-26-23/h5-12,14-15,20H,4,13H2,1-3H3,(H,27,28,29,30). The number of anilines is 1. The van der Waals surface area contributed by atoms with E-state index < -0.39 is 0 Å². The van der Waals surface area contributed by atoms with Crippen molar-refractivity contribution in [1.29, 1.82) is 0 Å². The number of nitrogens with zero attached hydrogens (tertiary/aromatic N) is 4. The highest BCUT2D eigenvalue weighted by Crippen LogP contribution is 2.32. The second-order valence-electron chi connectivity index (χ2n) is 8.13. The second kappa shape index (κ2) is 7.48. The van der Waals surface area contributed by atoms with Crippen LogP contribution in [0.2, 0.25) is 0 Å². The van der Waals surface area contributed by atoms with E-state index in [-0.39, 0.29) is 6.04 Å². The van der Waals surface area contributed by atoms with Crippen molar-refractivity contribution in [3.63, 3.8) is 0 Å². The zero-order chi connectivity index (χ0) is 20.7. The SMILES string of the molecule is CCC1N=C(Nc2nc(-c3nccc4ccccc34)nc3c2CC(C)C=C3)C=C1C. The highest BCUT2D eigenvalue weighted by Gasteiger charge is 2.22. The number of rotatable bonds is 3. The number of hydrogen-bond acceptors (Lipinski definition) is 5. The zero-order valence-electron chi connectivity index (χ0n) is 17.6. The molecule has 0 saturated heterocycles. The molecule has 3 aromatic rings. The minimum Gasteiger partial charge on any atom is -0.325 e. The molecule has 0 fully saturated rings. The third kappa shape index (κ3) is 3.30. The van der Waals surface area contributed by atoms with E-state index >= 15 is 0 Å². The monoisotopic (exact) mass is 395 g/mol. The van der Waals surface area contributed by atoms with Crippen LogP contribution in [0.15, 0.2) is 59.2 Å². The number of nitrogens with one attached hydrogen (secondary N) is 1. The first-order valence-electron chi connectivity index (χ1n) is 10.6. The molecule has 1 aliphatic carbocycles. The summed E-state index contributed by atoms with van der Waals surface area (Å²) in [6.07, 6.45) is 10.2. The van der Waals surface area contributed by atoms with Crippen molar-refractivity contribution in [3.05, 3.63) is 65.5 Å². The molecule has 2 atom stereocenters. The highest BCUT2D eigenvalue weighted by atomic mass is 15.1. The largest absolute Gasteiger partial charge is 0.325 e. The molecule has 1 N–H and O–H groups in total. The molecular formula is C25H25N5. The number of aliphatic imine (C=N–C) groups is 1. The Morgan fingerprint density at radius 2 is 2.00 bits per heavy atom. The molecular weight excluding hydrogens is 370 g/mol. The molecule has 0 saturated carbocycles. The predicted molar refractivity (Wildman–Crippen MR) is 124 cm³/mol. The normalized spacial score (nSPS) is 20.1. The number of benzene rings is 1. The van der Waals surface area contributed by atoms with E-state index in [0.717, 1.165) is 52.2 Å². The van der Waals surface area contributed by atoms with E-state index in [4.69, 9.17) is 15.0 Å². The van der Waals surface area contributed by atoms with Crippen LogP contribution in [0.1, 0.15) is 38.4 Å². The summed E-state index contributed by atoms with van der Waals surface area (Å²) in [5.41, 5.74) is 4.19. The van der Waals surface area contributed by atoms with Crippen LogP contribution < -0.4 is 5.32 Å². The molecule has 0 radical (unpaired) electrons. The van der Waals surface area contributed by atoms with Gasteiger partial charge >= 0.3 is 0 Å². The molecule has 1 aliphatic heterocycles. The van der Waals surface area contributed by atoms with Gasteiger partial charge in [0.05, 0.1) is 11.7 Å². The van der Waals surface area contributed by atoms with Gasteiger partial charge in [0.1, 0.15) is 17.3 Å². The van der Waals surface area contributed by atoms with Crippen LogP contribution in [-0.2, 0) is 6.42 Å². The first-order chi connectivity index (χ1) is 14.6. The van der Waals surface area contributed by atoms with Gasteiger partial charge in [0.25, 0.3) is 0 Å². The lowest BCUT2D eigenvalue weighted by Crippen LogP contribution is -2.16. The average Bonchev–Trinajstić information content (AvgIpc) is 3.12. The Morgan fingerprint density at radius 3 is 2.83 bits per heavy atom. The lowest BCUT2D eigenvalue weighted by Gasteiger charge is -2.20. The lowest BCUT2D eigenvalue weighted by molar-refractivity contribution is 0.711. The van der Waals surface area contributed by atoms with E-state index in [2.05, 4.69) is 61.4 Å². The maximum atomic E-state index is 4.95. The summed E-state index contributed by atoms with van der Waals surface area (Å²) in [5.74, 6) is 2.80. The van der Waals surface area contributed by atoms with Gasteiger partial charge in [-0.2, -0.15) is 0 Å². The van der Waals surface area contributed by atoms with Gasteiger partial charge in [0, 0.05) is 17.1 Å². The fourth-order valence-electron chi connectivity index (χ4n) is 4.21. The van der Waals surface area contributed by atoms with Gasteiger partial charge in [-0.05, 0) is 54.9 Å². The van der Waals surface area contributed by atoms with Crippen LogP contribution >= 0.6 is 0 Å². The molecule has 5 rings (SSSR count). The second-order valence-corrected chi connectivity index (χ2v) is 8.13. The minimum absolute atomic E-state index is 0.253. The van der Waals surface area contributed by atoms with Gasteiger partial charge in [-0.15, -0.1) is 0 Å². The Labute approximate surface area is 176 Å². The molecule has 5 nitrogen and oxygen atoms in total. The van der Waals surface area contributed by atoms with E-state index in [0.29, 0.717) is 11.7 Å². The van der Waals surface area contributed by atoms with Crippen molar-refractivity contribution in [3.8, 4) is 11.5 Å². The quantitative estimate of drug-likeness (QED) is 0.641. The van der Waals surface area contributed by atoms with Crippen LogP contribution in [-0.4, -0.2) is 26.8 Å². The molecule has 3 heterocycles. The molecule has 30 heavy (non-hydrogen) atoms. The third-order valence-electron chi connectivity index (χ3n) is 5.85. The average molecular weight is 396 g/mol. The van der Waals surface area contributed by atoms with Crippen molar-refractivity contribution >= 4 is 28.5 Å². The van der Waals surface area contributed by atoms with E-state index in [1.807, 2.05) is 24.4 Å². The lowest BCUT2D eigenvalue weighted by atomic mass is 9.94. The summed E-state index contributed by atoms with van der Waals surface area (Å²) >= 11 is 0. The minimum atomic E-state index is 0.253. The highest BCUT2D eigenvalue weighted by molar-refractivity contribution is 6.06. The van der Waals surface area contributed by atoms with Crippen molar-refractivity contribution in [2.24, 2.45) is 10.9 Å². The predicted octanol–water partition coefficient (Wildman–Crippen LogP) is 5.45. The molecule has 150 valence electrons. The molecule has 2 aromatic heterocycles. The van der Waals surface area contributed by atoms with Crippen molar-refractivity contribution in [1.82, 2.24) is 15.0 Å². The van der Waals surface area contributed by atoms with Gasteiger partial charge in [0.2, 0.25) is 0 Å². The molecule has 2 aliphatic rings. The van der Waals surface area contributed by atoms with E-state index in [1.54, 1.807) is 0 Å². The van der Waals surface area contributed by atoms with Gasteiger partial charge in [-0.1, -0.05) is 44.2 Å². The molecule has 2 unspecified atom stereocenters. The smallest absolute Gasteiger partial charge is 0.181 e. The summed E-state index contributed by atoms with van der Waals surface area (Å²) in [6, 6.07) is 10.5. The van der Waals surface area contributed by atoms with Crippen LogP contribution in [0, 0.1) is 5.92 Å². The van der Waals surface area contributed by atoms with Gasteiger partial charge in [0.15, 0.2) is 5.82 Å². The summed E-state index contributed by atoms with van der Waals surface area (Å²) in [7, 11) is 0. The number of aromatic nitrogens is 3. The van der Waals surface area contributed by atoms with Crippen molar-refractivity contribution < 1.29 is 0 Å². The molecule has 5 heteroatoms. The summed E-state index contributed by atoms with van der Waals surface area (Å²) < 4.78 is 0. The Morgan fingerprint density at radius 1 is 1.13 bits per heavy atom. The summed E-state index contributed by atoms with van der Waals surface area (Å²) in [5, 5.41) is 5.69. The fourth-order valence-corrected chi connectivity index (χ4v) is 4.21. The Hall–Kier alpha value is -3.34. The van der Waals surface area contributed by atoms with Crippen LogP contribution in [0.25, 0.3) is 28.4 Å². The van der Waals surface area contributed by atoms with Gasteiger partial charge < -0.3 is 5.32 Å². The Kier molecular flexibility index (Phi) is 4.66. The summed E-state index contributed by atoms with van der Waals surface area (Å²) in [6.45, 7) is 6.52. The maximum Gasteiger partial charge on any atom is 0.181 e. The number of fused-ring (bicyclic) bond motifs is 2. The number of amidine groups is 1. The Balaban J connectivity index is 1.64. The number of hydrogen-bond donors (Lipinski definition) is 1. The van der Waals surface area contributed by atoms with Gasteiger partial charge in [-0.25, -0.2) is 9.97 Å². The molecule has 0 spiro atoms. The Bertz CT molecular complexity index is 1220. The van der Waals surface area contributed by atoms with Gasteiger partial charge in [-0.3, -0.25) is 9.98 Å². The number of pyridine rings is 1. The van der Waals surface area contributed by atoms with Crippen molar-refractivity contribution in [2.75, 3.05) is 5.32 Å². The third-order valence-corrected chi connectivity index (χ3v) is 5.85. The fraction of sp³-hybridized carbons (Fsp3) is 0.280. The van der Waals surface area contributed by atoms with Crippen LogP contribution in [0.3, 0.4) is 0 Å². The topological polar surface area (TPSA) is 63.1 Å². The first kappa shape index (κ1) is 18.7. The van der Waals surface area contributed by atoms with Crippen LogP contribution in [0.4, 0.5) is 5.82 Å². The molecule has 0 amide bonds. The molecule has 1 aromatic carbocycles.